The summed E-state index contributed by atoms with van der Waals surface area (Å²) in [7, 11) is 0. The van der Waals surface area contributed by atoms with Gasteiger partial charge in [-0.2, -0.15) is 0 Å². The second-order valence-corrected chi connectivity index (χ2v) is 3.19. The van der Waals surface area contributed by atoms with Crippen molar-refractivity contribution in [3.05, 3.63) is 49.2 Å². The molecule has 2 rings (SSSR count). The Balaban J connectivity index is 1.62. The summed E-state index contributed by atoms with van der Waals surface area (Å²) in [6.07, 6.45) is 15.7. The number of hydrogen-bond donors (Lipinski definition) is 0. The van der Waals surface area contributed by atoms with Gasteiger partial charge in [0.2, 0.25) is 0 Å². The summed E-state index contributed by atoms with van der Waals surface area (Å²) in [5.74, 6) is 0. The normalized spacial score (nSPS) is 17.9. The van der Waals surface area contributed by atoms with Gasteiger partial charge in [0.25, 0.3) is 0 Å². The number of allylic oxidation sites excluding steroid dienone is 4. The molecule has 2 aliphatic heterocycles. The van der Waals surface area contributed by atoms with Crippen molar-refractivity contribution in [2.45, 2.75) is 6.42 Å². The quantitative estimate of drug-likeness (QED) is 0.701. The first-order valence-electron chi connectivity index (χ1n) is 4.99. The Kier molecular flexibility index (Phi) is 3.33. The second-order valence-electron chi connectivity index (χ2n) is 3.19. The highest BCUT2D eigenvalue weighted by atomic mass is 16.7. The number of hydrogen-bond acceptors (Lipinski definition) is 4. The van der Waals surface area contributed by atoms with Crippen LogP contribution in [0.5, 0.6) is 0 Å². The average molecular weight is 206 g/mol. The molecule has 0 atom stereocenters. The van der Waals surface area contributed by atoms with E-state index in [1.165, 1.54) is 0 Å². The van der Waals surface area contributed by atoms with E-state index in [4.69, 9.17) is 9.68 Å². The van der Waals surface area contributed by atoms with E-state index in [1.54, 1.807) is 22.7 Å². The van der Waals surface area contributed by atoms with Crippen molar-refractivity contribution >= 4 is 0 Å². The third-order valence-electron chi connectivity index (χ3n) is 2.03. The van der Waals surface area contributed by atoms with E-state index < -0.39 is 0 Å². The average Bonchev–Trinajstić information content (AvgIpc) is 2.32. The van der Waals surface area contributed by atoms with Gasteiger partial charge in [-0.15, -0.1) is 0 Å². The zero-order valence-corrected chi connectivity index (χ0v) is 8.45. The SMILES string of the molecule is C1=CON(CCCN2C=CC=CO2)C=C1. The molecular weight excluding hydrogens is 192 g/mol. The van der Waals surface area contributed by atoms with Gasteiger partial charge in [0.05, 0.1) is 13.1 Å². The van der Waals surface area contributed by atoms with Gasteiger partial charge in [0.15, 0.2) is 0 Å². The molecule has 4 nitrogen and oxygen atoms in total. The minimum absolute atomic E-state index is 0.845. The van der Waals surface area contributed by atoms with Crippen molar-refractivity contribution in [1.29, 1.82) is 0 Å². The van der Waals surface area contributed by atoms with E-state index >= 15 is 0 Å². The van der Waals surface area contributed by atoms with Crippen LogP contribution in [-0.2, 0) is 9.68 Å². The lowest BCUT2D eigenvalue weighted by molar-refractivity contribution is -0.0823. The van der Waals surface area contributed by atoms with Crippen molar-refractivity contribution in [2.75, 3.05) is 13.1 Å². The molecule has 0 N–H and O–H groups in total. The van der Waals surface area contributed by atoms with Crippen molar-refractivity contribution in [3.63, 3.8) is 0 Å². The predicted molar refractivity (Wildman–Crippen MR) is 56.8 cm³/mol. The summed E-state index contributed by atoms with van der Waals surface area (Å²) in [4.78, 5) is 10.5. The first kappa shape index (κ1) is 9.71. The van der Waals surface area contributed by atoms with Crippen molar-refractivity contribution in [1.82, 2.24) is 10.1 Å². The molecule has 0 aromatic carbocycles. The minimum atomic E-state index is 0.845. The molecule has 0 aromatic heterocycles. The second kappa shape index (κ2) is 5.14. The molecule has 0 saturated carbocycles. The largest absolute Gasteiger partial charge is 0.388 e. The molecule has 2 aliphatic rings. The van der Waals surface area contributed by atoms with Gasteiger partial charge in [-0.3, -0.25) is 0 Å². The molecular formula is C11H14N2O2. The lowest BCUT2D eigenvalue weighted by Gasteiger charge is -2.23. The van der Waals surface area contributed by atoms with E-state index in [0.717, 1.165) is 19.5 Å². The molecule has 0 aliphatic carbocycles. The highest BCUT2D eigenvalue weighted by Crippen LogP contribution is 2.05. The van der Waals surface area contributed by atoms with Crippen LogP contribution in [0.25, 0.3) is 0 Å². The molecule has 15 heavy (non-hydrogen) atoms. The van der Waals surface area contributed by atoms with Gasteiger partial charge >= 0.3 is 0 Å². The lowest BCUT2D eigenvalue weighted by Crippen LogP contribution is -2.24. The fourth-order valence-electron chi connectivity index (χ4n) is 1.32. The van der Waals surface area contributed by atoms with Gasteiger partial charge in [0, 0.05) is 12.4 Å². The van der Waals surface area contributed by atoms with Crippen molar-refractivity contribution < 1.29 is 9.68 Å². The van der Waals surface area contributed by atoms with Gasteiger partial charge in [-0.1, -0.05) is 0 Å². The molecule has 0 unspecified atom stereocenters. The first-order chi connectivity index (χ1) is 7.45. The van der Waals surface area contributed by atoms with Gasteiger partial charge in [-0.25, -0.2) is 10.1 Å². The van der Waals surface area contributed by atoms with Gasteiger partial charge < -0.3 is 9.68 Å². The van der Waals surface area contributed by atoms with Gasteiger partial charge in [0.1, 0.15) is 12.5 Å². The molecule has 2 heterocycles. The number of hydroxylamine groups is 4. The Hall–Kier alpha value is -1.84. The standard InChI is InChI=1S/C11H14N2O2/c1-3-10-14-12(6-1)8-5-9-13-7-2-4-11-15-13/h1-4,6-7,10-11H,5,8-9H2. The van der Waals surface area contributed by atoms with Crippen molar-refractivity contribution in [2.24, 2.45) is 0 Å². The maximum Gasteiger partial charge on any atom is 0.119 e. The minimum Gasteiger partial charge on any atom is -0.388 e. The molecule has 0 spiro atoms. The van der Waals surface area contributed by atoms with Crippen molar-refractivity contribution in [3.8, 4) is 0 Å². The molecule has 0 amide bonds. The van der Waals surface area contributed by atoms with Gasteiger partial charge in [-0.05, 0) is 30.7 Å². The first-order valence-corrected chi connectivity index (χ1v) is 4.99. The highest BCUT2D eigenvalue weighted by Gasteiger charge is 2.04. The van der Waals surface area contributed by atoms with Crippen LogP contribution in [0.2, 0.25) is 0 Å². The maximum absolute atomic E-state index is 5.24. The summed E-state index contributed by atoms with van der Waals surface area (Å²) in [5.41, 5.74) is 0. The van der Waals surface area contributed by atoms with Crippen LogP contribution in [-0.4, -0.2) is 23.2 Å². The fraction of sp³-hybridized carbons (Fsp3) is 0.273. The predicted octanol–water partition coefficient (Wildman–Crippen LogP) is 1.93. The van der Waals surface area contributed by atoms with Crippen LogP contribution in [0, 0.1) is 0 Å². The number of nitrogens with zero attached hydrogens (tertiary/aromatic N) is 2. The smallest absolute Gasteiger partial charge is 0.119 e. The summed E-state index contributed by atoms with van der Waals surface area (Å²) in [5, 5.41) is 3.59. The van der Waals surface area contributed by atoms with E-state index in [0.29, 0.717) is 0 Å². The van der Waals surface area contributed by atoms with Crippen LogP contribution >= 0.6 is 0 Å². The topological polar surface area (TPSA) is 24.9 Å². The van der Waals surface area contributed by atoms with Crippen LogP contribution in [0.1, 0.15) is 6.42 Å². The van der Waals surface area contributed by atoms with E-state index in [1.807, 2.05) is 36.7 Å². The molecule has 0 radical (unpaired) electrons. The molecule has 80 valence electrons. The zero-order chi connectivity index (χ0) is 10.3. The maximum atomic E-state index is 5.24. The Labute approximate surface area is 89.3 Å². The molecule has 0 fully saturated rings. The third kappa shape index (κ3) is 3.09. The van der Waals surface area contributed by atoms with Crippen LogP contribution < -0.4 is 0 Å². The molecule has 0 aromatic rings. The molecule has 0 bridgehead atoms. The lowest BCUT2D eigenvalue weighted by atomic mass is 10.4. The summed E-state index contributed by atoms with van der Waals surface area (Å²) in [6.45, 7) is 1.69. The Morgan fingerprint density at radius 1 is 0.733 bits per heavy atom. The summed E-state index contributed by atoms with van der Waals surface area (Å²) in [6, 6.07) is 0. The fourth-order valence-corrected chi connectivity index (χ4v) is 1.32. The summed E-state index contributed by atoms with van der Waals surface area (Å²) >= 11 is 0. The van der Waals surface area contributed by atoms with Crippen LogP contribution in [0.3, 0.4) is 0 Å². The molecule has 0 saturated heterocycles. The molecule has 4 heteroatoms. The van der Waals surface area contributed by atoms with E-state index in [-0.39, 0.29) is 0 Å². The Morgan fingerprint density at radius 3 is 1.67 bits per heavy atom. The van der Waals surface area contributed by atoms with Crippen LogP contribution in [0.15, 0.2) is 49.2 Å². The monoisotopic (exact) mass is 206 g/mol. The number of rotatable bonds is 4. The zero-order valence-electron chi connectivity index (χ0n) is 8.45. The Bertz CT molecular complexity index is 278. The van der Waals surface area contributed by atoms with E-state index in [2.05, 4.69) is 0 Å². The highest BCUT2D eigenvalue weighted by molar-refractivity contribution is 5.02. The third-order valence-corrected chi connectivity index (χ3v) is 2.03. The summed E-state index contributed by atoms with van der Waals surface area (Å²) < 4.78 is 0. The Morgan fingerprint density at radius 2 is 1.27 bits per heavy atom. The van der Waals surface area contributed by atoms with Crippen LogP contribution in [0.4, 0.5) is 0 Å². The van der Waals surface area contributed by atoms with E-state index in [9.17, 15) is 0 Å².